The van der Waals surface area contributed by atoms with Crippen LogP contribution in [0.3, 0.4) is 0 Å². The lowest BCUT2D eigenvalue weighted by atomic mass is 10.0. The highest BCUT2D eigenvalue weighted by Gasteiger charge is 2.26. The summed E-state index contributed by atoms with van der Waals surface area (Å²) >= 11 is 0. The molecule has 0 saturated carbocycles. The average Bonchev–Trinajstić information content (AvgIpc) is 3.06. The third-order valence-electron chi connectivity index (χ3n) is 8.64. The number of hydrogen-bond donors (Lipinski definition) is 4. The first-order chi connectivity index (χ1) is 22.6. The molecule has 0 aliphatic carbocycles. The highest BCUT2D eigenvalue weighted by atomic mass is 16.3. The Balaban J connectivity index is 3.67. The monoisotopic (exact) mass is 646 g/mol. The molecule has 0 rings (SSSR count). The van der Waals surface area contributed by atoms with E-state index in [4.69, 9.17) is 0 Å². The van der Waals surface area contributed by atoms with E-state index < -0.39 is 18.2 Å². The van der Waals surface area contributed by atoms with Crippen molar-refractivity contribution < 1.29 is 20.1 Å². The van der Waals surface area contributed by atoms with Crippen molar-refractivity contribution in [2.75, 3.05) is 6.61 Å². The number of unbranched alkanes of at least 4 members (excludes halogenated alkanes) is 18. The van der Waals surface area contributed by atoms with Gasteiger partial charge < -0.3 is 20.6 Å². The minimum Gasteiger partial charge on any atom is -0.394 e. The van der Waals surface area contributed by atoms with Gasteiger partial charge in [0, 0.05) is 6.42 Å². The van der Waals surface area contributed by atoms with E-state index in [0.29, 0.717) is 12.8 Å². The van der Waals surface area contributed by atoms with Gasteiger partial charge in [0.05, 0.1) is 18.8 Å². The number of hydrogen-bond acceptors (Lipinski definition) is 4. The van der Waals surface area contributed by atoms with E-state index in [1.54, 1.807) is 0 Å². The van der Waals surface area contributed by atoms with Crippen LogP contribution in [0.15, 0.2) is 48.6 Å². The predicted octanol–water partition coefficient (Wildman–Crippen LogP) is 10.6. The first-order valence-corrected chi connectivity index (χ1v) is 19.4. The van der Waals surface area contributed by atoms with Crippen LogP contribution in [0.5, 0.6) is 0 Å². The second kappa shape index (κ2) is 36.2. The van der Waals surface area contributed by atoms with E-state index >= 15 is 0 Å². The number of carbonyl (C=O) groups excluding carboxylic acids is 1. The molecule has 0 heterocycles. The number of carbonyl (C=O) groups is 1. The summed E-state index contributed by atoms with van der Waals surface area (Å²) in [6.07, 6.45) is 45.1. The largest absolute Gasteiger partial charge is 0.394 e. The molecule has 4 N–H and O–H groups in total. The van der Waals surface area contributed by atoms with Gasteiger partial charge in [0.1, 0.15) is 6.10 Å². The molecule has 0 fully saturated rings. The fourth-order valence-corrected chi connectivity index (χ4v) is 5.63. The van der Waals surface area contributed by atoms with E-state index in [0.717, 1.165) is 64.2 Å². The number of allylic oxidation sites excluding steroid dienone is 8. The average molecular weight is 646 g/mol. The SMILES string of the molecule is CC/C=C/CC/C=C/CCCC(O)C(O)C(CO)NC(=O)CCCCCCCCC/C=C\C/C=C\CCCCCCCCCCC. The van der Waals surface area contributed by atoms with Gasteiger partial charge in [0.2, 0.25) is 5.91 Å². The molecule has 0 aliphatic heterocycles. The summed E-state index contributed by atoms with van der Waals surface area (Å²) in [7, 11) is 0. The molecular formula is C41H75NO4. The zero-order valence-electron chi connectivity index (χ0n) is 30.2. The number of aliphatic hydroxyl groups is 3. The van der Waals surface area contributed by atoms with Crippen molar-refractivity contribution in [1.29, 1.82) is 0 Å². The molecule has 5 nitrogen and oxygen atoms in total. The molecule has 0 bridgehead atoms. The molecule has 0 aromatic rings. The summed E-state index contributed by atoms with van der Waals surface area (Å²) in [5.41, 5.74) is 0. The van der Waals surface area contributed by atoms with Gasteiger partial charge in [0.15, 0.2) is 0 Å². The number of amides is 1. The highest BCUT2D eigenvalue weighted by molar-refractivity contribution is 5.76. The second-order valence-corrected chi connectivity index (χ2v) is 13.1. The predicted molar refractivity (Wildman–Crippen MR) is 199 cm³/mol. The summed E-state index contributed by atoms with van der Waals surface area (Å²) in [4.78, 5) is 12.3. The summed E-state index contributed by atoms with van der Waals surface area (Å²) in [5.74, 6) is -0.171. The Morgan fingerprint density at radius 3 is 1.57 bits per heavy atom. The van der Waals surface area contributed by atoms with Crippen molar-refractivity contribution in [3.8, 4) is 0 Å². The Morgan fingerprint density at radius 2 is 1.02 bits per heavy atom. The quantitative estimate of drug-likeness (QED) is 0.0414. The minimum atomic E-state index is -1.17. The van der Waals surface area contributed by atoms with Crippen LogP contribution in [0.2, 0.25) is 0 Å². The van der Waals surface area contributed by atoms with E-state index in [-0.39, 0.29) is 12.5 Å². The van der Waals surface area contributed by atoms with Gasteiger partial charge in [-0.05, 0) is 77.0 Å². The van der Waals surface area contributed by atoms with E-state index in [9.17, 15) is 20.1 Å². The molecule has 1 amide bonds. The van der Waals surface area contributed by atoms with Gasteiger partial charge in [-0.25, -0.2) is 0 Å². The molecule has 0 aliphatic rings. The maximum absolute atomic E-state index is 12.3. The van der Waals surface area contributed by atoms with Crippen molar-refractivity contribution in [2.24, 2.45) is 0 Å². The molecular weight excluding hydrogens is 570 g/mol. The van der Waals surface area contributed by atoms with E-state index in [2.05, 4.69) is 67.8 Å². The van der Waals surface area contributed by atoms with Crippen LogP contribution >= 0.6 is 0 Å². The van der Waals surface area contributed by atoms with Crippen LogP contribution in [-0.4, -0.2) is 46.1 Å². The highest BCUT2D eigenvalue weighted by Crippen LogP contribution is 2.13. The summed E-state index contributed by atoms with van der Waals surface area (Å²) in [6, 6.07) is -0.835. The second-order valence-electron chi connectivity index (χ2n) is 13.1. The van der Waals surface area contributed by atoms with Crippen molar-refractivity contribution >= 4 is 5.91 Å². The minimum absolute atomic E-state index is 0.171. The molecule has 0 aromatic carbocycles. The summed E-state index contributed by atoms with van der Waals surface area (Å²) in [5, 5.41) is 33.2. The first-order valence-electron chi connectivity index (χ1n) is 19.4. The molecule has 3 atom stereocenters. The zero-order valence-corrected chi connectivity index (χ0v) is 30.2. The zero-order chi connectivity index (χ0) is 33.8. The Labute approximate surface area is 285 Å². The molecule has 0 radical (unpaired) electrons. The van der Waals surface area contributed by atoms with Gasteiger partial charge in [-0.15, -0.1) is 0 Å². The van der Waals surface area contributed by atoms with Gasteiger partial charge >= 0.3 is 0 Å². The molecule has 0 aromatic heterocycles. The third-order valence-corrected chi connectivity index (χ3v) is 8.64. The Morgan fingerprint density at radius 1 is 0.565 bits per heavy atom. The van der Waals surface area contributed by atoms with Crippen molar-refractivity contribution in [3.05, 3.63) is 48.6 Å². The normalized spacial score (nSPS) is 14.3. The fourth-order valence-electron chi connectivity index (χ4n) is 5.63. The number of aliphatic hydroxyl groups excluding tert-OH is 3. The first kappa shape index (κ1) is 44.3. The molecule has 268 valence electrons. The fraction of sp³-hybridized carbons (Fsp3) is 0.780. The molecule has 3 unspecified atom stereocenters. The maximum Gasteiger partial charge on any atom is 0.220 e. The van der Waals surface area contributed by atoms with E-state index in [1.165, 1.54) is 89.9 Å². The number of rotatable bonds is 34. The lowest BCUT2D eigenvalue weighted by molar-refractivity contribution is -0.124. The Kier molecular flexibility index (Phi) is 34.8. The van der Waals surface area contributed by atoms with Crippen LogP contribution in [0.4, 0.5) is 0 Å². The number of nitrogens with one attached hydrogen (secondary N) is 1. The van der Waals surface area contributed by atoms with Gasteiger partial charge in [-0.1, -0.05) is 146 Å². The third kappa shape index (κ3) is 30.9. The summed E-state index contributed by atoms with van der Waals surface area (Å²) in [6.45, 7) is 4.02. The Hall–Kier alpha value is -1.69. The smallest absolute Gasteiger partial charge is 0.220 e. The maximum atomic E-state index is 12.3. The molecule has 5 heteroatoms. The van der Waals surface area contributed by atoms with Crippen LogP contribution in [0, 0.1) is 0 Å². The van der Waals surface area contributed by atoms with Gasteiger partial charge in [-0.2, -0.15) is 0 Å². The van der Waals surface area contributed by atoms with Crippen molar-refractivity contribution in [2.45, 2.75) is 199 Å². The molecule has 0 spiro atoms. The summed E-state index contributed by atoms with van der Waals surface area (Å²) < 4.78 is 0. The molecule has 46 heavy (non-hydrogen) atoms. The van der Waals surface area contributed by atoms with Gasteiger partial charge in [-0.3, -0.25) is 4.79 Å². The topological polar surface area (TPSA) is 89.8 Å². The standard InChI is InChI=1S/C41H75NO4/c1-3-5-7-9-11-13-14-15-16-17-18-19-20-21-22-23-24-25-26-28-30-32-34-36-40(45)42-38(37-43)41(46)39(44)35-33-31-29-27-12-10-8-6-4-2/h6,8,18-19,21-22,27,29,38-39,41,43-44,46H,3-5,7,9-17,20,23-26,28,30-37H2,1-2H3,(H,42,45)/b8-6+,19-18-,22-21-,29-27+. The van der Waals surface area contributed by atoms with Crippen molar-refractivity contribution in [3.63, 3.8) is 0 Å². The van der Waals surface area contributed by atoms with Crippen LogP contribution < -0.4 is 5.32 Å². The van der Waals surface area contributed by atoms with Gasteiger partial charge in [0.25, 0.3) is 0 Å². The Bertz CT molecular complexity index is 760. The lowest BCUT2D eigenvalue weighted by Gasteiger charge is -2.26. The lowest BCUT2D eigenvalue weighted by Crippen LogP contribution is -2.50. The van der Waals surface area contributed by atoms with Crippen molar-refractivity contribution in [1.82, 2.24) is 5.32 Å². The van der Waals surface area contributed by atoms with Crippen LogP contribution in [0.25, 0.3) is 0 Å². The van der Waals surface area contributed by atoms with E-state index in [1.807, 2.05) is 0 Å². The van der Waals surface area contributed by atoms with Crippen LogP contribution in [0.1, 0.15) is 181 Å². The van der Waals surface area contributed by atoms with Crippen LogP contribution in [-0.2, 0) is 4.79 Å². The molecule has 0 saturated heterocycles.